The van der Waals surface area contributed by atoms with E-state index in [0.29, 0.717) is 22.1 Å². The van der Waals surface area contributed by atoms with Gasteiger partial charge in [-0.15, -0.1) is 0 Å². The second kappa shape index (κ2) is 6.64. The number of hydrogen-bond donors (Lipinski definition) is 0. The maximum Gasteiger partial charge on any atom is 0.179 e. The van der Waals surface area contributed by atoms with Gasteiger partial charge in [-0.1, -0.05) is 25.4 Å². The molecule has 3 nitrogen and oxygen atoms in total. The highest BCUT2D eigenvalue weighted by atomic mass is 35.5. The Hall–Kier alpha value is -1.22. The van der Waals surface area contributed by atoms with Crippen molar-refractivity contribution in [1.29, 1.82) is 0 Å². The van der Waals surface area contributed by atoms with Crippen LogP contribution in [0.2, 0.25) is 5.02 Å². The molecule has 0 spiro atoms. The number of hydrogen-bond acceptors (Lipinski definition) is 3. The van der Waals surface area contributed by atoms with Crippen molar-refractivity contribution in [2.75, 3.05) is 14.2 Å². The lowest BCUT2D eigenvalue weighted by Crippen LogP contribution is -2.13. The number of carbonyl (C=O) groups is 1. The summed E-state index contributed by atoms with van der Waals surface area (Å²) in [7, 11) is 3.05. The summed E-state index contributed by atoms with van der Waals surface area (Å²) in [5.41, 5.74) is 0.575. The molecular formula is C14H19ClO3. The van der Waals surface area contributed by atoms with Crippen LogP contribution < -0.4 is 9.47 Å². The largest absolute Gasteiger partial charge is 0.493 e. The average Bonchev–Trinajstić information content (AvgIpc) is 2.38. The van der Waals surface area contributed by atoms with Gasteiger partial charge in [0.25, 0.3) is 0 Å². The van der Waals surface area contributed by atoms with Gasteiger partial charge in [-0.05, 0) is 25.0 Å². The fourth-order valence-corrected chi connectivity index (χ4v) is 2.24. The molecule has 0 fully saturated rings. The van der Waals surface area contributed by atoms with Gasteiger partial charge in [0.2, 0.25) is 0 Å². The number of Topliss-reactive ketones (excluding diaryl/α,β-unsaturated/α-hetero) is 1. The van der Waals surface area contributed by atoms with E-state index >= 15 is 0 Å². The molecule has 0 aliphatic carbocycles. The van der Waals surface area contributed by atoms with Gasteiger partial charge in [0, 0.05) is 11.5 Å². The number of methoxy groups -OCH3 is 2. The topological polar surface area (TPSA) is 35.5 Å². The summed E-state index contributed by atoms with van der Waals surface area (Å²) in [6, 6.07) is 3.33. The van der Waals surface area contributed by atoms with Crippen molar-refractivity contribution in [3.8, 4) is 11.5 Å². The van der Waals surface area contributed by atoms with Crippen molar-refractivity contribution in [2.45, 2.75) is 26.7 Å². The van der Waals surface area contributed by atoms with E-state index in [4.69, 9.17) is 21.1 Å². The Labute approximate surface area is 113 Å². The molecule has 0 bridgehead atoms. The highest BCUT2D eigenvalue weighted by Gasteiger charge is 2.20. The van der Waals surface area contributed by atoms with E-state index in [9.17, 15) is 4.79 Å². The minimum absolute atomic E-state index is 0.0270. The Balaban J connectivity index is 3.19. The zero-order valence-corrected chi connectivity index (χ0v) is 12.0. The summed E-state index contributed by atoms with van der Waals surface area (Å²) in [5.74, 6) is 1.07. The number of ether oxygens (including phenoxy) is 2. The maximum absolute atomic E-state index is 12.3. The number of carbonyl (C=O) groups excluding carboxylic acids is 1. The van der Waals surface area contributed by atoms with E-state index in [2.05, 4.69) is 0 Å². The van der Waals surface area contributed by atoms with Gasteiger partial charge in [0.15, 0.2) is 17.3 Å². The standard InChI is InChI=1S/C14H19ClO3/c1-5-9(6-2)13(16)10-7-11(15)14(18-4)12(8-10)17-3/h7-9H,5-6H2,1-4H3. The molecule has 0 aliphatic rings. The summed E-state index contributed by atoms with van der Waals surface area (Å²) in [6.07, 6.45) is 1.64. The predicted octanol–water partition coefficient (Wildman–Crippen LogP) is 3.98. The second-order valence-electron chi connectivity index (χ2n) is 4.07. The van der Waals surface area contributed by atoms with Gasteiger partial charge in [-0.25, -0.2) is 0 Å². The van der Waals surface area contributed by atoms with Crippen LogP contribution in [0.3, 0.4) is 0 Å². The third kappa shape index (κ3) is 2.96. The maximum atomic E-state index is 12.3. The van der Waals surface area contributed by atoms with Crippen molar-refractivity contribution >= 4 is 17.4 Å². The molecule has 0 atom stereocenters. The molecule has 1 rings (SSSR count). The van der Waals surface area contributed by atoms with Crippen LogP contribution in [0.1, 0.15) is 37.0 Å². The van der Waals surface area contributed by atoms with E-state index in [0.717, 1.165) is 12.8 Å². The number of ketones is 1. The molecule has 0 heterocycles. The van der Waals surface area contributed by atoms with Gasteiger partial charge in [0.1, 0.15) is 0 Å². The number of halogens is 1. The fourth-order valence-electron chi connectivity index (χ4n) is 1.96. The molecule has 1 aromatic rings. The third-order valence-electron chi connectivity index (χ3n) is 3.07. The number of rotatable bonds is 6. The Kier molecular flexibility index (Phi) is 5.48. The quantitative estimate of drug-likeness (QED) is 0.734. The molecular weight excluding hydrogens is 252 g/mol. The van der Waals surface area contributed by atoms with Crippen LogP contribution in [-0.2, 0) is 0 Å². The molecule has 18 heavy (non-hydrogen) atoms. The van der Waals surface area contributed by atoms with E-state index in [1.165, 1.54) is 14.2 Å². The zero-order valence-electron chi connectivity index (χ0n) is 11.2. The predicted molar refractivity (Wildman–Crippen MR) is 73.0 cm³/mol. The van der Waals surface area contributed by atoms with Crippen LogP contribution in [0.15, 0.2) is 12.1 Å². The van der Waals surface area contributed by atoms with Gasteiger partial charge in [-0.2, -0.15) is 0 Å². The lowest BCUT2D eigenvalue weighted by molar-refractivity contribution is 0.0913. The van der Waals surface area contributed by atoms with Crippen LogP contribution in [0.5, 0.6) is 11.5 Å². The Morgan fingerprint density at radius 3 is 2.28 bits per heavy atom. The minimum Gasteiger partial charge on any atom is -0.493 e. The summed E-state index contributed by atoms with van der Waals surface area (Å²) in [4.78, 5) is 12.3. The highest BCUT2D eigenvalue weighted by Crippen LogP contribution is 2.36. The normalized spacial score (nSPS) is 10.6. The summed E-state index contributed by atoms with van der Waals surface area (Å²) < 4.78 is 10.3. The highest BCUT2D eigenvalue weighted by molar-refractivity contribution is 6.32. The Bertz CT molecular complexity index is 425. The summed E-state index contributed by atoms with van der Waals surface area (Å²) in [5, 5.41) is 0.395. The molecule has 0 radical (unpaired) electrons. The summed E-state index contributed by atoms with van der Waals surface area (Å²) in [6.45, 7) is 4.02. The molecule has 0 unspecified atom stereocenters. The van der Waals surface area contributed by atoms with Crippen LogP contribution in [0, 0.1) is 5.92 Å². The second-order valence-corrected chi connectivity index (χ2v) is 4.48. The van der Waals surface area contributed by atoms with Crippen LogP contribution in [0.4, 0.5) is 0 Å². The van der Waals surface area contributed by atoms with Crippen molar-refractivity contribution < 1.29 is 14.3 Å². The molecule has 100 valence electrons. The smallest absolute Gasteiger partial charge is 0.179 e. The van der Waals surface area contributed by atoms with Crippen LogP contribution in [-0.4, -0.2) is 20.0 Å². The van der Waals surface area contributed by atoms with Gasteiger partial charge < -0.3 is 9.47 Å². The molecule has 0 saturated heterocycles. The van der Waals surface area contributed by atoms with Crippen molar-refractivity contribution in [2.24, 2.45) is 5.92 Å². The van der Waals surface area contributed by atoms with Gasteiger partial charge in [-0.3, -0.25) is 4.79 Å². The van der Waals surface area contributed by atoms with Crippen molar-refractivity contribution in [3.63, 3.8) is 0 Å². The third-order valence-corrected chi connectivity index (χ3v) is 3.36. The summed E-state index contributed by atoms with van der Waals surface area (Å²) >= 11 is 6.09. The van der Waals surface area contributed by atoms with E-state index < -0.39 is 0 Å². The average molecular weight is 271 g/mol. The van der Waals surface area contributed by atoms with Crippen molar-refractivity contribution in [3.05, 3.63) is 22.7 Å². The Morgan fingerprint density at radius 2 is 1.83 bits per heavy atom. The van der Waals surface area contributed by atoms with Crippen LogP contribution >= 0.6 is 11.6 Å². The fraction of sp³-hybridized carbons (Fsp3) is 0.500. The molecule has 1 aromatic carbocycles. The lowest BCUT2D eigenvalue weighted by atomic mass is 9.93. The first-order chi connectivity index (χ1) is 8.58. The van der Waals surface area contributed by atoms with E-state index in [-0.39, 0.29) is 11.7 Å². The van der Waals surface area contributed by atoms with E-state index in [1.807, 2.05) is 13.8 Å². The molecule has 0 saturated carbocycles. The molecule has 0 aromatic heterocycles. The van der Waals surface area contributed by atoms with Gasteiger partial charge >= 0.3 is 0 Å². The first-order valence-corrected chi connectivity index (χ1v) is 6.42. The number of benzene rings is 1. The van der Waals surface area contributed by atoms with Crippen LogP contribution in [0.25, 0.3) is 0 Å². The first kappa shape index (κ1) is 14.8. The molecule has 4 heteroatoms. The Morgan fingerprint density at radius 1 is 1.22 bits per heavy atom. The first-order valence-electron chi connectivity index (χ1n) is 6.04. The zero-order chi connectivity index (χ0) is 13.7. The monoisotopic (exact) mass is 270 g/mol. The molecule has 0 amide bonds. The SMILES string of the molecule is CCC(CC)C(=O)c1cc(Cl)c(OC)c(OC)c1. The molecule has 0 N–H and O–H groups in total. The van der Waals surface area contributed by atoms with Gasteiger partial charge in [0.05, 0.1) is 19.2 Å². The lowest BCUT2D eigenvalue weighted by Gasteiger charge is -2.14. The minimum atomic E-state index is 0.0270. The van der Waals surface area contributed by atoms with E-state index in [1.54, 1.807) is 12.1 Å². The van der Waals surface area contributed by atoms with Crippen molar-refractivity contribution in [1.82, 2.24) is 0 Å². The molecule has 0 aliphatic heterocycles.